The lowest BCUT2D eigenvalue weighted by molar-refractivity contribution is 0.0696. The molecule has 3 rings (SSSR count). The second-order valence-corrected chi connectivity index (χ2v) is 5.97. The highest BCUT2D eigenvalue weighted by Crippen LogP contribution is 2.20. The molecule has 0 bridgehead atoms. The van der Waals surface area contributed by atoms with Gasteiger partial charge in [0.1, 0.15) is 17.2 Å². The number of amides is 1. The van der Waals surface area contributed by atoms with Crippen LogP contribution in [0.2, 0.25) is 5.02 Å². The maximum atomic E-state index is 13.7. The molecule has 0 aliphatic heterocycles. The van der Waals surface area contributed by atoms with Gasteiger partial charge in [-0.05, 0) is 35.9 Å². The van der Waals surface area contributed by atoms with Crippen LogP contribution in [0.4, 0.5) is 14.6 Å². The van der Waals surface area contributed by atoms with Crippen LogP contribution < -0.4 is 5.32 Å². The maximum Gasteiger partial charge on any atom is 0.335 e. The number of benzene rings is 2. The highest BCUT2D eigenvalue weighted by molar-refractivity contribution is 6.31. The highest BCUT2D eigenvalue weighted by atomic mass is 35.5. The number of aromatic nitrogens is 2. The molecule has 0 saturated heterocycles. The Morgan fingerprint density at radius 1 is 1.15 bits per heavy atom. The van der Waals surface area contributed by atoms with E-state index in [-0.39, 0.29) is 17.9 Å². The molecule has 3 aromatic rings. The lowest BCUT2D eigenvalue weighted by Gasteiger charge is -2.07. The number of anilines is 1. The van der Waals surface area contributed by atoms with Crippen molar-refractivity contribution in [3.63, 3.8) is 0 Å². The van der Waals surface area contributed by atoms with Gasteiger partial charge in [0.2, 0.25) is 0 Å². The topological polar surface area (TPSA) is 84.2 Å². The minimum atomic E-state index is -1.09. The summed E-state index contributed by atoms with van der Waals surface area (Å²) in [6.45, 7) is 0.143. The van der Waals surface area contributed by atoms with Gasteiger partial charge < -0.3 is 10.4 Å². The predicted molar refractivity (Wildman–Crippen MR) is 94.1 cm³/mol. The minimum Gasteiger partial charge on any atom is -0.478 e. The quantitative estimate of drug-likeness (QED) is 0.692. The monoisotopic (exact) mass is 391 g/mol. The van der Waals surface area contributed by atoms with Crippen molar-refractivity contribution in [2.45, 2.75) is 6.54 Å². The molecule has 27 heavy (non-hydrogen) atoms. The Kier molecular flexibility index (Phi) is 5.18. The third-order valence-corrected chi connectivity index (χ3v) is 4.07. The average molecular weight is 392 g/mol. The van der Waals surface area contributed by atoms with Crippen LogP contribution in [-0.2, 0) is 6.54 Å². The molecule has 9 heteroatoms. The summed E-state index contributed by atoms with van der Waals surface area (Å²) >= 11 is 6.07. The van der Waals surface area contributed by atoms with Crippen LogP contribution in [0.25, 0.3) is 0 Å². The normalized spacial score (nSPS) is 10.6. The van der Waals surface area contributed by atoms with E-state index in [1.165, 1.54) is 35.1 Å². The van der Waals surface area contributed by atoms with E-state index in [9.17, 15) is 18.4 Å². The molecule has 0 saturated carbocycles. The molecule has 1 aromatic heterocycles. The van der Waals surface area contributed by atoms with Crippen molar-refractivity contribution in [3.05, 3.63) is 82.0 Å². The number of carbonyl (C=O) groups is 2. The summed E-state index contributed by atoms with van der Waals surface area (Å²) in [5.41, 5.74) is -0.118. The molecule has 0 aliphatic rings. The number of halogens is 3. The predicted octanol–water partition coefficient (Wildman–Crippen LogP) is 3.81. The molecular weight excluding hydrogens is 380 g/mol. The van der Waals surface area contributed by atoms with Crippen LogP contribution in [0.5, 0.6) is 0 Å². The van der Waals surface area contributed by atoms with Crippen molar-refractivity contribution < 1.29 is 23.5 Å². The van der Waals surface area contributed by atoms with Crippen molar-refractivity contribution >= 4 is 29.3 Å². The Morgan fingerprint density at radius 3 is 2.52 bits per heavy atom. The number of hydrogen-bond acceptors (Lipinski definition) is 3. The van der Waals surface area contributed by atoms with E-state index >= 15 is 0 Å². The van der Waals surface area contributed by atoms with Gasteiger partial charge in [0.05, 0.1) is 12.1 Å². The fourth-order valence-electron chi connectivity index (χ4n) is 2.41. The highest BCUT2D eigenvalue weighted by Gasteiger charge is 2.18. The number of carbonyl (C=O) groups excluding carboxylic acids is 1. The second-order valence-electron chi connectivity index (χ2n) is 5.56. The Hall–Kier alpha value is -3.26. The lowest BCUT2D eigenvalue weighted by Crippen LogP contribution is -2.16. The third kappa shape index (κ3) is 4.12. The third-order valence-electron chi connectivity index (χ3n) is 3.70. The zero-order valence-electron chi connectivity index (χ0n) is 13.6. The largest absolute Gasteiger partial charge is 0.478 e. The fraction of sp³-hybridized carbons (Fsp3) is 0.0556. The molecular formula is C18H12ClF2N3O3. The van der Waals surface area contributed by atoms with E-state index in [0.717, 1.165) is 18.2 Å². The van der Waals surface area contributed by atoms with E-state index < -0.39 is 29.1 Å². The molecule has 0 atom stereocenters. The molecule has 6 nitrogen and oxygen atoms in total. The molecule has 0 unspecified atom stereocenters. The zero-order valence-corrected chi connectivity index (χ0v) is 14.4. The molecule has 2 N–H and O–H groups in total. The first-order chi connectivity index (χ1) is 12.8. The van der Waals surface area contributed by atoms with Crippen LogP contribution in [-0.4, -0.2) is 26.8 Å². The van der Waals surface area contributed by atoms with Crippen LogP contribution in [0, 0.1) is 11.6 Å². The van der Waals surface area contributed by atoms with Crippen LogP contribution in [0.3, 0.4) is 0 Å². The van der Waals surface area contributed by atoms with E-state index in [2.05, 4.69) is 10.4 Å². The minimum absolute atomic E-state index is 0.0742. The van der Waals surface area contributed by atoms with Crippen LogP contribution in [0.15, 0.2) is 48.7 Å². The van der Waals surface area contributed by atoms with Gasteiger partial charge in [-0.1, -0.05) is 17.7 Å². The first-order valence-electron chi connectivity index (χ1n) is 7.65. The first-order valence-corrected chi connectivity index (χ1v) is 8.03. The number of nitrogens with one attached hydrogen (secondary N) is 1. The number of carboxylic acid groups (broad SMARTS) is 1. The summed E-state index contributed by atoms with van der Waals surface area (Å²) in [5, 5.41) is 15.8. The Bertz CT molecular complexity index is 1020. The number of rotatable bonds is 5. The van der Waals surface area contributed by atoms with Crippen molar-refractivity contribution in [3.8, 4) is 0 Å². The van der Waals surface area contributed by atoms with Crippen LogP contribution >= 0.6 is 11.6 Å². The van der Waals surface area contributed by atoms with E-state index in [4.69, 9.17) is 16.7 Å². The Morgan fingerprint density at radius 2 is 1.85 bits per heavy atom. The van der Waals surface area contributed by atoms with E-state index in [0.29, 0.717) is 10.6 Å². The van der Waals surface area contributed by atoms with Gasteiger partial charge in [0, 0.05) is 17.3 Å². The van der Waals surface area contributed by atoms with Crippen molar-refractivity contribution in [1.29, 1.82) is 0 Å². The summed E-state index contributed by atoms with van der Waals surface area (Å²) in [5.74, 6) is -3.95. The SMILES string of the molecule is O=C(O)c1ccc(Cl)c(Cn2ccc(NC(=O)c3c(F)cccc3F)n2)c1. The van der Waals surface area contributed by atoms with E-state index in [1.54, 1.807) is 0 Å². The van der Waals surface area contributed by atoms with Gasteiger partial charge in [-0.15, -0.1) is 0 Å². The van der Waals surface area contributed by atoms with Crippen molar-refractivity contribution in [2.24, 2.45) is 0 Å². The summed E-state index contributed by atoms with van der Waals surface area (Å²) in [6.07, 6.45) is 1.51. The molecule has 0 radical (unpaired) electrons. The van der Waals surface area contributed by atoms with Gasteiger partial charge in [-0.2, -0.15) is 5.10 Å². The summed E-state index contributed by atoms with van der Waals surface area (Å²) in [6, 6.07) is 8.82. The fourth-order valence-corrected chi connectivity index (χ4v) is 2.59. The van der Waals surface area contributed by atoms with Crippen LogP contribution in [0.1, 0.15) is 26.3 Å². The molecule has 1 heterocycles. The smallest absolute Gasteiger partial charge is 0.335 e. The molecule has 138 valence electrons. The maximum absolute atomic E-state index is 13.7. The second kappa shape index (κ2) is 7.55. The van der Waals surface area contributed by atoms with Gasteiger partial charge in [0.15, 0.2) is 5.82 Å². The standard InChI is InChI=1S/C18H12ClF2N3O3/c19-12-5-4-10(18(26)27)8-11(12)9-24-7-6-15(23-24)22-17(25)16-13(20)2-1-3-14(16)21/h1-8H,9H2,(H,26,27)(H,22,23,25). The van der Waals surface area contributed by atoms with Gasteiger partial charge in [-0.3, -0.25) is 9.48 Å². The lowest BCUT2D eigenvalue weighted by atomic mass is 10.1. The molecule has 0 aliphatic carbocycles. The summed E-state index contributed by atoms with van der Waals surface area (Å²) in [7, 11) is 0. The molecule has 0 fully saturated rings. The molecule has 2 aromatic carbocycles. The van der Waals surface area contributed by atoms with E-state index in [1.807, 2.05) is 0 Å². The zero-order chi connectivity index (χ0) is 19.6. The van der Waals surface area contributed by atoms with Gasteiger partial charge in [0.25, 0.3) is 5.91 Å². The number of nitrogens with zero attached hydrogens (tertiary/aromatic N) is 2. The summed E-state index contributed by atoms with van der Waals surface area (Å²) in [4.78, 5) is 23.1. The van der Waals surface area contributed by atoms with Gasteiger partial charge >= 0.3 is 5.97 Å². The summed E-state index contributed by atoms with van der Waals surface area (Å²) < 4.78 is 28.7. The van der Waals surface area contributed by atoms with Crippen molar-refractivity contribution in [2.75, 3.05) is 5.32 Å². The van der Waals surface area contributed by atoms with Gasteiger partial charge in [-0.25, -0.2) is 13.6 Å². The molecule has 0 spiro atoms. The number of aromatic carboxylic acids is 1. The first kappa shape index (κ1) is 18.5. The number of hydrogen-bond donors (Lipinski definition) is 2. The molecule has 1 amide bonds. The Balaban J connectivity index is 1.77. The average Bonchev–Trinajstić information content (AvgIpc) is 3.03. The van der Waals surface area contributed by atoms with Crippen molar-refractivity contribution in [1.82, 2.24) is 9.78 Å². The number of carboxylic acids is 1. The Labute approximate surface area is 157 Å².